The lowest BCUT2D eigenvalue weighted by atomic mass is 10.2. The lowest BCUT2D eigenvalue weighted by molar-refractivity contribution is 0.482. The molecule has 2 aromatic carbocycles. The third kappa shape index (κ3) is 3.26. The Bertz CT molecular complexity index is 740. The van der Waals surface area contributed by atoms with E-state index in [1.54, 1.807) is 6.92 Å². The summed E-state index contributed by atoms with van der Waals surface area (Å²) in [5.74, 6) is -1.99. The number of hydrogen-bond donors (Lipinski definition) is 0. The molecule has 0 saturated carbocycles. The molecule has 106 valence electrons. The Morgan fingerprint density at radius 1 is 1.05 bits per heavy atom. The highest BCUT2D eigenvalue weighted by Crippen LogP contribution is 2.24. The van der Waals surface area contributed by atoms with Gasteiger partial charge in [0.05, 0.1) is 0 Å². The summed E-state index contributed by atoms with van der Waals surface area (Å²) in [5, 5.41) is 0.451. The zero-order valence-electron chi connectivity index (χ0n) is 10.2. The molecule has 0 aliphatic heterocycles. The van der Waals surface area contributed by atoms with Crippen molar-refractivity contribution < 1.29 is 21.4 Å². The maximum absolute atomic E-state index is 13.0. The average Bonchev–Trinajstić information content (AvgIpc) is 2.32. The Kier molecular flexibility index (Phi) is 3.96. The summed E-state index contributed by atoms with van der Waals surface area (Å²) in [6, 6.07) is 6.17. The van der Waals surface area contributed by atoms with Crippen molar-refractivity contribution in [3.8, 4) is 5.75 Å². The fraction of sp³-hybridized carbons (Fsp3) is 0.0769. The van der Waals surface area contributed by atoms with E-state index in [-0.39, 0.29) is 5.75 Å². The van der Waals surface area contributed by atoms with Crippen LogP contribution in [-0.4, -0.2) is 8.42 Å². The van der Waals surface area contributed by atoms with Crippen LogP contribution in [0.2, 0.25) is 5.02 Å². The highest BCUT2D eigenvalue weighted by atomic mass is 35.5. The molecule has 0 atom stereocenters. The molecular weight excluding hydrogens is 310 g/mol. The smallest absolute Gasteiger partial charge is 0.339 e. The minimum absolute atomic E-state index is 0.0107. The van der Waals surface area contributed by atoms with Crippen molar-refractivity contribution in [3.63, 3.8) is 0 Å². The SMILES string of the molecule is Cc1cc(OS(=O)(=O)c2cc(F)cc(F)c2)ccc1Cl. The van der Waals surface area contributed by atoms with Crippen molar-refractivity contribution in [3.05, 3.63) is 58.6 Å². The normalized spacial score (nSPS) is 11.4. The second-order valence-electron chi connectivity index (χ2n) is 4.05. The molecule has 0 bridgehead atoms. The van der Waals surface area contributed by atoms with Gasteiger partial charge >= 0.3 is 10.1 Å². The van der Waals surface area contributed by atoms with Gasteiger partial charge in [-0.15, -0.1) is 0 Å². The van der Waals surface area contributed by atoms with Gasteiger partial charge in [-0.3, -0.25) is 0 Å². The van der Waals surface area contributed by atoms with Gasteiger partial charge in [-0.05, 0) is 42.8 Å². The Labute approximate surface area is 119 Å². The van der Waals surface area contributed by atoms with Gasteiger partial charge in [-0.1, -0.05) is 11.6 Å². The highest BCUT2D eigenvalue weighted by molar-refractivity contribution is 7.87. The minimum atomic E-state index is -4.31. The molecule has 0 radical (unpaired) electrons. The highest BCUT2D eigenvalue weighted by Gasteiger charge is 2.19. The number of benzene rings is 2. The number of aryl methyl sites for hydroxylation is 1. The van der Waals surface area contributed by atoms with Crippen LogP contribution in [0.1, 0.15) is 5.56 Å². The predicted molar refractivity (Wildman–Crippen MR) is 70.4 cm³/mol. The van der Waals surface area contributed by atoms with Crippen LogP contribution in [0, 0.1) is 18.6 Å². The van der Waals surface area contributed by atoms with Gasteiger partial charge in [0.15, 0.2) is 0 Å². The van der Waals surface area contributed by atoms with Gasteiger partial charge in [0.25, 0.3) is 0 Å². The van der Waals surface area contributed by atoms with Gasteiger partial charge < -0.3 is 4.18 Å². The third-order valence-electron chi connectivity index (χ3n) is 2.46. The molecule has 7 heteroatoms. The van der Waals surface area contributed by atoms with E-state index in [0.717, 1.165) is 0 Å². The van der Waals surface area contributed by atoms with E-state index in [1.165, 1.54) is 18.2 Å². The summed E-state index contributed by atoms with van der Waals surface area (Å²) < 4.78 is 54.7. The Balaban J connectivity index is 2.37. The number of hydrogen-bond acceptors (Lipinski definition) is 3. The average molecular weight is 319 g/mol. The monoisotopic (exact) mass is 318 g/mol. The fourth-order valence-electron chi connectivity index (χ4n) is 1.52. The zero-order valence-corrected chi connectivity index (χ0v) is 11.8. The van der Waals surface area contributed by atoms with Crippen molar-refractivity contribution >= 4 is 21.7 Å². The van der Waals surface area contributed by atoms with Crippen molar-refractivity contribution in [1.29, 1.82) is 0 Å². The topological polar surface area (TPSA) is 43.4 Å². The van der Waals surface area contributed by atoms with E-state index < -0.39 is 26.6 Å². The molecule has 0 N–H and O–H groups in total. The molecule has 0 spiro atoms. The first-order valence-corrected chi connectivity index (χ1v) is 7.23. The second kappa shape index (κ2) is 5.38. The van der Waals surface area contributed by atoms with Crippen LogP contribution in [0.25, 0.3) is 0 Å². The maximum Gasteiger partial charge on any atom is 0.339 e. The van der Waals surface area contributed by atoms with E-state index in [4.69, 9.17) is 15.8 Å². The van der Waals surface area contributed by atoms with Gasteiger partial charge in [0, 0.05) is 11.1 Å². The summed E-state index contributed by atoms with van der Waals surface area (Å²) in [6.45, 7) is 1.67. The Morgan fingerprint density at radius 3 is 2.20 bits per heavy atom. The van der Waals surface area contributed by atoms with E-state index in [9.17, 15) is 17.2 Å². The molecule has 0 unspecified atom stereocenters. The molecule has 0 saturated heterocycles. The largest absolute Gasteiger partial charge is 0.379 e. The van der Waals surface area contributed by atoms with Crippen molar-refractivity contribution in [1.82, 2.24) is 0 Å². The molecule has 3 nitrogen and oxygen atoms in total. The Hall–Kier alpha value is -1.66. The first-order valence-electron chi connectivity index (χ1n) is 5.45. The standard InChI is InChI=1S/C13H9ClF2O3S/c1-8-4-11(2-3-13(8)14)19-20(17,18)12-6-9(15)5-10(16)7-12/h2-7H,1H3. The zero-order chi connectivity index (χ0) is 14.9. The van der Waals surface area contributed by atoms with Crippen molar-refractivity contribution in [2.24, 2.45) is 0 Å². The molecule has 2 aromatic rings. The first kappa shape index (κ1) is 14.7. The van der Waals surface area contributed by atoms with Crippen LogP contribution in [0.15, 0.2) is 41.3 Å². The molecule has 20 heavy (non-hydrogen) atoms. The molecule has 0 fully saturated rings. The van der Waals surface area contributed by atoms with Crippen LogP contribution in [-0.2, 0) is 10.1 Å². The minimum Gasteiger partial charge on any atom is -0.379 e. The van der Waals surface area contributed by atoms with E-state index >= 15 is 0 Å². The lowest BCUT2D eigenvalue weighted by Gasteiger charge is -2.08. The first-order chi connectivity index (χ1) is 9.28. The molecule has 0 aliphatic rings. The van der Waals surface area contributed by atoms with E-state index in [1.807, 2.05) is 0 Å². The van der Waals surface area contributed by atoms with Gasteiger partial charge in [0.2, 0.25) is 0 Å². The second-order valence-corrected chi connectivity index (χ2v) is 6.01. The predicted octanol–water partition coefficient (Wildman–Crippen LogP) is 3.69. The van der Waals surface area contributed by atoms with Gasteiger partial charge in [0.1, 0.15) is 22.3 Å². The van der Waals surface area contributed by atoms with E-state index in [0.29, 0.717) is 28.8 Å². The Morgan fingerprint density at radius 2 is 1.65 bits per heavy atom. The molecular formula is C13H9ClF2O3S. The maximum atomic E-state index is 13.0. The summed E-state index contributed by atoms with van der Waals surface area (Å²) in [7, 11) is -4.31. The molecule has 2 rings (SSSR count). The van der Waals surface area contributed by atoms with Crippen LogP contribution in [0.5, 0.6) is 5.75 Å². The summed E-state index contributed by atoms with van der Waals surface area (Å²) in [4.78, 5) is -0.595. The van der Waals surface area contributed by atoms with Crippen LogP contribution < -0.4 is 4.18 Å². The summed E-state index contributed by atoms with van der Waals surface area (Å²) in [6.07, 6.45) is 0. The van der Waals surface area contributed by atoms with Crippen LogP contribution >= 0.6 is 11.6 Å². The lowest BCUT2D eigenvalue weighted by Crippen LogP contribution is -2.10. The quantitative estimate of drug-likeness (QED) is 0.811. The fourth-order valence-corrected chi connectivity index (χ4v) is 2.60. The van der Waals surface area contributed by atoms with Crippen LogP contribution in [0.3, 0.4) is 0 Å². The van der Waals surface area contributed by atoms with Gasteiger partial charge in [-0.2, -0.15) is 8.42 Å². The summed E-state index contributed by atoms with van der Waals surface area (Å²) in [5.41, 5.74) is 0.616. The van der Waals surface area contributed by atoms with E-state index in [2.05, 4.69) is 0 Å². The molecule has 0 heterocycles. The van der Waals surface area contributed by atoms with Gasteiger partial charge in [-0.25, -0.2) is 8.78 Å². The van der Waals surface area contributed by atoms with Crippen LogP contribution in [0.4, 0.5) is 8.78 Å². The number of halogens is 3. The number of rotatable bonds is 3. The third-order valence-corrected chi connectivity index (χ3v) is 4.11. The molecule has 0 aromatic heterocycles. The molecule has 0 amide bonds. The summed E-state index contributed by atoms with van der Waals surface area (Å²) >= 11 is 5.81. The molecule has 0 aliphatic carbocycles. The van der Waals surface area contributed by atoms with Crippen molar-refractivity contribution in [2.45, 2.75) is 11.8 Å². The van der Waals surface area contributed by atoms with Crippen molar-refractivity contribution in [2.75, 3.05) is 0 Å².